The van der Waals surface area contributed by atoms with Crippen molar-refractivity contribution >= 4 is 26.4 Å². The average molecular weight is 596 g/mol. The van der Waals surface area contributed by atoms with E-state index in [-0.39, 0.29) is 59.8 Å². The first-order chi connectivity index (χ1) is 18.0. The summed E-state index contributed by atoms with van der Waals surface area (Å²) in [6, 6.07) is 0. The lowest BCUT2D eigenvalue weighted by atomic mass is 9.43. The van der Waals surface area contributed by atoms with E-state index >= 15 is 0 Å². The summed E-state index contributed by atoms with van der Waals surface area (Å²) in [6.45, 7) is 6.29. The molecule has 4 fully saturated rings. The Morgan fingerprint density at radius 1 is 1.03 bits per heavy atom. The first-order valence-corrected chi connectivity index (χ1v) is 17.2. The van der Waals surface area contributed by atoms with Crippen molar-refractivity contribution in [3.05, 3.63) is 0 Å². The second-order valence-electron chi connectivity index (χ2n) is 13.2. The van der Waals surface area contributed by atoms with E-state index in [1.807, 2.05) is 0 Å². The van der Waals surface area contributed by atoms with Gasteiger partial charge in [-0.2, -0.15) is 16.8 Å². The smallest absolute Gasteiger partial charge is 0.393 e. The zero-order valence-corrected chi connectivity index (χ0v) is 24.7. The predicted molar refractivity (Wildman–Crippen MR) is 142 cm³/mol. The van der Waals surface area contributed by atoms with Crippen LogP contribution in [0, 0.1) is 46.3 Å². The van der Waals surface area contributed by atoms with Crippen molar-refractivity contribution in [2.45, 2.75) is 96.9 Å². The standard InChI is InChI=1S/C26H45NO10S2/c1-15(4-7-23(30)27-10-11-38(31,32)33)18-5-6-19-24-20(14-22(29)26(18,19)3)25(2)9-8-17(37-39(34,35)36)12-16(25)13-21(24)28/h15-22,24,28-29H,4-14H2,1-3H3,(H,27,30)(H,31,32,33)(H,34,35,36)/t15-,16+,17-,18?,19?,20?,21-,22+,24?,25+,26-/m1/s1. The molecule has 39 heavy (non-hydrogen) atoms. The van der Waals surface area contributed by atoms with Gasteiger partial charge in [0, 0.05) is 13.0 Å². The normalized spacial score (nSPS) is 43.2. The van der Waals surface area contributed by atoms with Crippen LogP contribution in [0.1, 0.15) is 78.6 Å². The highest BCUT2D eigenvalue weighted by Gasteiger charge is 2.65. The molecule has 0 radical (unpaired) electrons. The van der Waals surface area contributed by atoms with Gasteiger partial charge in [-0.3, -0.25) is 13.9 Å². The lowest BCUT2D eigenvalue weighted by Gasteiger charge is -2.63. The number of rotatable bonds is 9. The summed E-state index contributed by atoms with van der Waals surface area (Å²) in [6.07, 6.45) is 3.58. The third-order valence-corrected chi connectivity index (χ3v) is 12.5. The largest absolute Gasteiger partial charge is 0.397 e. The molecule has 5 N–H and O–H groups in total. The minimum Gasteiger partial charge on any atom is -0.393 e. The molecule has 13 heteroatoms. The molecule has 0 aromatic carbocycles. The summed E-state index contributed by atoms with van der Waals surface area (Å²) in [7, 11) is -8.68. The molecule has 226 valence electrons. The van der Waals surface area contributed by atoms with E-state index in [9.17, 15) is 31.8 Å². The lowest BCUT2D eigenvalue weighted by Crippen LogP contribution is -2.62. The van der Waals surface area contributed by atoms with Crippen LogP contribution in [0.2, 0.25) is 0 Å². The topological polar surface area (TPSA) is 188 Å². The highest BCUT2D eigenvalue weighted by Crippen LogP contribution is 2.68. The molecule has 4 aliphatic carbocycles. The lowest BCUT2D eigenvalue weighted by molar-refractivity contribution is -0.206. The molecule has 0 spiro atoms. The summed E-state index contributed by atoms with van der Waals surface area (Å²) < 4.78 is 67.2. The fraction of sp³-hybridized carbons (Fsp3) is 0.962. The molecule has 4 rings (SSSR count). The highest BCUT2D eigenvalue weighted by molar-refractivity contribution is 7.85. The zero-order valence-electron chi connectivity index (χ0n) is 23.0. The molecule has 11 nitrogen and oxygen atoms in total. The first-order valence-electron chi connectivity index (χ1n) is 14.2. The van der Waals surface area contributed by atoms with Crippen LogP contribution in [0.5, 0.6) is 0 Å². The van der Waals surface area contributed by atoms with Crippen LogP contribution in [-0.2, 0) is 29.5 Å². The maximum Gasteiger partial charge on any atom is 0.397 e. The number of aliphatic hydroxyl groups excluding tert-OH is 2. The number of nitrogens with one attached hydrogen (secondary N) is 1. The van der Waals surface area contributed by atoms with Crippen molar-refractivity contribution in [1.82, 2.24) is 5.32 Å². The minimum absolute atomic E-state index is 0.0274. The molecule has 0 aromatic rings. The minimum atomic E-state index is -4.54. The Kier molecular flexibility index (Phi) is 8.86. The maximum absolute atomic E-state index is 12.2. The second-order valence-corrected chi connectivity index (χ2v) is 15.8. The Balaban J connectivity index is 1.43. The molecule has 0 saturated heterocycles. The fourth-order valence-corrected chi connectivity index (χ4v) is 10.2. The Hall–Kier alpha value is -0.830. The SMILES string of the molecule is C[C@H](CCC(=O)NCCS(=O)(=O)O)C1CCC2C3C(C[C@H](O)[C@@]21C)[C@@]1(C)CC[C@@H](OS(=O)(=O)O)C[C@H]1C[C@H]3O. The molecule has 4 saturated carbocycles. The summed E-state index contributed by atoms with van der Waals surface area (Å²) in [5, 5.41) is 25.7. The van der Waals surface area contributed by atoms with Gasteiger partial charge in [-0.15, -0.1) is 0 Å². The third kappa shape index (κ3) is 6.34. The van der Waals surface area contributed by atoms with E-state index in [0.29, 0.717) is 38.5 Å². The molecule has 0 heterocycles. The van der Waals surface area contributed by atoms with Crippen LogP contribution < -0.4 is 5.32 Å². The quantitative estimate of drug-likeness (QED) is 0.247. The van der Waals surface area contributed by atoms with Crippen LogP contribution in [0.4, 0.5) is 0 Å². The summed E-state index contributed by atoms with van der Waals surface area (Å²) in [4.78, 5) is 12.2. The van der Waals surface area contributed by atoms with Gasteiger partial charge in [0.05, 0.1) is 24.1 Å². The Morgan fingerprint density at radius 3 is 2.36 bits per heavy atom. The molecule has 0 aromatic heterocycles. The summed E-state index contributed by atoms with van der Waals surface area (Å²) >= 11 is 0. The molecule has 0 bridgehead atoms. The molecule has 1 amide bonds. The number of aliphatic hydroxyl groups is 2. The van der Waals surface area contributed by atoms with E-state index in [1.54, 1.807) is 0 Å². The Morgan fingerprint density at radius 2 is 1.72 bits per heavy atom. The average Bonchev–Trinajstić information content (AvgIpc) is 3.16. The van der Waals surface area contributed by atoms with Crippen LogP contribution in [0.25, 0.3) is 0 Å². The van der Waals surface area contributed by atoms with Gasteiger partial charge in [-0.25, -0.2) is 4.18 Å². The van der Waals surface area contributed by atoms with E-state index < -0.39 is 50.0 Å². The van der Waals surface area contributed by atoms with Gasteiger partial charge in [-0.1, -0.05) is 20.8 Å². The van der Waals surface area contributed by atoms with E-state index in [1.165, 1.54) is 0 Å². The van der Waals surface area contributed by atoms with E-state index in [4.69, 9.17) is 13.3 Å². The number of hydrogen-bond donors (Lipinski definition) is 5. The fourth-order valence-electron chi connectivity index (χ4n) is 9.34. The predicted octanol–water partition coefficient (Wildman–Crippen LogP) is 2.20. The maximum atomic E-state index is 12.2. The Labute approximate surface area is 232 Å². The van der Waals surface area contributed by atoms with Crippen LogP contribution >= 0.6 is 0 Å². The molecular formula is C26H45NO10S2. The van der Waals surface area contributed by atoms with Gasteiger partial charge in [0.1, 0.15) is 0 Å². The molecule has 4 aliphatic rings. The molecule has 0 aliphatic heterocycles. The van der Waals surface area contributed by atoms with Crippen LogP contribution in [0.3, 0.4) is 0 Å². The third-order valence-electron chi connectivity index (χ3n) is 11.3. The number of hydrogen-bond acceptors (Lipinski definition) is 8. The monoisotopic (exact) mass is 595 g/mol. The second kappa shape index (κ2) is 11.1. The van der Waals surface area contributed by atoms with Crippen molar-refractivity contribution < 1.29 is 45.1 Å². The highest BCUT2D eigenvalue weighted by atomic mass is 32.3. The molecule has 11 atom stereocenters. The van der Waals surface area contributed by atoms with Gasteiger partial charge in [0.25, 0.3) is 10.1 Å². The van der Waals surface area contributed by atoms with Gasteiger partial charge in [0.15, 0.2) is 0 Å². The van der Waals surface area contributed by atoms with Gasteiger partial charge in [-0.05, 0) is 97.7 Å². The van der Waals surface area contributed by atoms with Crippen molar-refractivity contribution in [2.75, 3.05) is 12.3 Å². The molecule has 4 unspecified atom stereocenters. The van der Waals surface area contributed by atoms with Gasteiger partial charge in [0.2, 0.25) is 5.91 Å². The van der Waals surface area contributed by atoms with Crippen molar-refractivity contribution in [2.24, 2.45) is 46.3 Å². The van der Waals surface area contributed by atoms with Crippen LogP contribution in [-0.4, -0.2) is 72.7 Å². The van der Waals surface area contributed by atoms with Gasteiger partial charge >= 0.3 is 10.4 Å². The van der Waals surface area contributed by atoms with Crippen molar-refractivity contribution in [3.8, 4) is 0 Å². The Bertz CT molecular complexity index is 1130. The van der Waals surface area contributed by atoms with E-state index in [2.05, 4.69) is 26.1 Å². The first kappa shape index (κ1) is 31.1. The molecular weight excluding hydrogens is 550 g/mol. The zero-order chi connectivity index (χ0) is 29.0. The van der Waals surface area contributed by atoms with E-state index in [0.717, 1.165) is 12.8 Å². The number of fused-ring (bicyclic) bond motifs is 5. The van der Waals surface area contributed by atoms with Crippen molar-refractivity contribution in [1.29, 1.82) is 0 Å². The number of carbonyl (C=O) groups is 1. The summed E-state index contributed by atoms with van der Waals surface area (Å²) in [5.74, 6) is -0.223. The number of amides is 1. The summed E-state index contributed by atoms with van der Waals surface area (Å²) in [5.41, 5.74) is -0.577. The van der Waals surface area contributed by atoms with Crippen LogP contribution in [0.15, 0.2) is 0 Å². The number of carbonyl (C=O) groups excluding carboxylic acids is 1. The van der Waals surface area contributed by atoms with Crippen molar-refractivity contribution in [3.63, 3.8) is 0 Å². The van der Waals surface area contributed by atoms with Gasteiger partial charge < -0.3 is 15.5 Å².